The molecule has 2 nitrogen and oxygen atoms in total. The van der Waals surface area contributed by atoms with Gasteiger partial charge in [0.1, 0.15) is 11.8 Å². The van der Waals surface area contributed by atoms with Crippen molar-refractivity contribution in [3.63, 3.8) is 0 Å². The predicted octanol–water partition coefficient (Wildman–Crippen LogP) is 1.97. The second-order valence-electron chi connectivity index (χ2n) is 1.99. The molecule has 10 heavy (non-hydrogen) atoms. The number of halogens is 1. The molecule has 0 saturated heterocycles. The maximum absolute atomic E-state index is 12.7. The summed E-state index contributed by atoms with van der Waals surface area (Å²) in [6.07, 6.45) is 1.42. The Labute approximate surface area is 56.2 Å². The first kappa shape index (κ1) is 5.41. The molecule has 2 aromatic rings. The van der Waals surface area contributed by atoms with E-state index in [0.717, 1.165) is 0 Å². The van der Waals surface area contributed by atoms with Crippen LogP contribution in [0, 0.1) is 5.82 Å². The molecule has 0 atom stereocenters. The molecule has 50 valence electrons. The molecule has 0 fully saturated rings. The van der Waals surface area contributed by atoms with Gasteiger partial charge in [-0.25, -0.2) is 4.39 Å². The minimum atomic E-state index is -0.341. The van der Waals surface area contributed by atoms with Crippen molar-refractivity contribution in [1.29, 1.82) is 0 Å². The first-order chi connectivity index (χ1) is 4.88. The van der Waals surface area contributed by atoms with Gasteiger partial charge in [-0.3, -0.25) is 0 Å². The first-order valence-electron chi connectivity index (χ1n) is 2.86. The quantitative estimate of drug-likeness (QED) is 0.554. The van der Waals surface area contributed by atoms with Crippen molar-refractivity contribution < 1.29 is 8.91 Å². The highest BCUT2D eigenvalue weighted by Crippen LogP contribution is 2.14. The van der Waals surface area contributed by atoms with Gasteiger partial charge in [0, 0.05) is 5.39 Å². The van der Waals surface area contributed by atoms with Crippen molar-refractivity contribution >= 4 is 10.9 Å². The Hall–Kier alpha value is -1.38. The van der Waals surface area contributed by atoms with Crippen LogP contribution in [0.4, 0.5) is 4.39 Å². The second-order valence-corrected chi connectivity index (χ2v) is 1.99. The lowest BCUT2D eigenvalue weighted by molar-refractivity contribution is 0.425. The van der Waals surface area contributed by atoms with Gasteiger partial charge in [0.2, 0.25) is 0 Å². The monoisotopic (exact) mass is 137 g/mol. The van der Waals surface area contributed by atoms with Gasteiger partial charge in [-0.2, -0.15) is 0 Å². The normalized spacial score (nSPS) is 10.5. The molecule has 0 bridgehead atoms. The Balaban J connectivity index is 2.95. The average molecular weight is 137 g/mol. The van der Waals surface area contributed by atoms with E-state index in [1.165, 1.54) is 12.3 Å². The topological polar surface area (TPSA) is 26.0 Å². The SMILES string of the molecule is Fc1cccc2conc12. The van der Waals surface area contributed by atoms with Crippen LogP contribution in [0.5, 0.6) is 0 Å². The summed E-state index contributed by atoms with van der Waals surface area (Å²) < 4.78 is 17.3. The number of benzene rings is 1. The average Bonchev–Trinajstić information content (AvgIpc) is 2.36. The Morgan fingerprint density at radius 3 is 3.10 bits per heavy atom. The van der Waals surface area contributed by atoms with Crippen LogP contribution in [0.1, 0.15) is 0 Å². The van der Waals surface area contributed by atoms with Crippen LogP contribution in [0.15, 0.2) is 29.0 Å². The summed E-state index contributed by atoms with van der Waals surface area (Å²) in [5, 5.41) is 4.16. The van der Waals surface area contributed by atoms with Gasteiger partial charge < -0.3 is 4.52 Å². The van der Waals surface area contributed by atoms with Gasteiger partial charge in [-0.05, 0) is 12.1 Å². The molecular formula is C7H4FNO. The molecule has 0 aliphatic rings. The second kappa shape index (κ2) is 1.80. The van der Waals surface area contributed by atoms with Crippen LogP contribution in [-0.4, -0.2) is 5.16 Å². The summed E-state index contributed by atoms with van der Waals surface area (Å²) in [5.74, 6) is -0.341. The van der Waals surface area contributed by atoms with Crippen LogP contribution >= 0.6 is 0 Å². The fraction of sp³-hybridized carbons (Fsp3) is 0. The van der Waals surface area contributed by atoms with E-state index < -0.39 is 0 Å². The van der Waals surface area contributed by atoms with Gasteiger partial charge in [-0.1, -0.05) is 11.2 Å². The largest absolute Gasteiger partial charge is 0.363 e. The molecule has 3 heteroatoms. The summed E-state index contributed by atoms with van der Waals surface area (Å²) in [6, 6.07) is 4.72. The Morgan fingerprint density at radius 2 is 2.30 bits per heavy atom. The van der Waals surface area contributed by atoms with Crippen molar-refractivity contribution in [2.45, 2.75) is 0 Å². The maximum Gasteiger partial charge on any atom is 0.152 e. The van der Waals surface area contributed by atoms with Crippen molar-refractivity contribution in [3.8, 4) is 0 Å². The summed E-state index contributed by atoms with van der Waals surface area (Å²) in [7, 11) is 0. The summed E-state index contributed by atoms with van der Waals surface area (Å²) in [4.78, 5) is 0. The number of hydrogen-bond acceptors (Lipinski definition) is 2. The van der Waals surface area contributed by atoms with Gasteiger partial charge in [0.05, 0.1) is 0 Å². The zero-order valence-corrected chi connectivity index (χ0v) is 5.04. The molecule has 1 heterocycles. The van der Waals surface area contributed by atoms with Crippen LogP contribution in [0.2, 0.25) is 0 Å². The van der Waals surface area contributed by atoms with Crippen molar-refractivity contribution in [2.75, 3.05) is 0 Å². The van der Waals surface area contributed by atoms with Gasteiger partial charge >= 0.3 is 0 Å². The van der Waals surface area contributed by atoms with E-state index in [1.807, 2.05) is 0 Å². The Kier molecular flexibility index (Phi) is 0.974. The zero-order chi connectivity index (χ0) is 6.97. The number of nitrogens with zero attached hydrogens (tertiary/aromatic N) is 1. The zero-order valence-electron chi connectivity index (χ0n) is 5.04. The molecule has 0 radical (unpaired) electrons. The lowest BCUT2D eigenvalue weighted by atomic mass is 10.2. The lowest BCUT2D eigenvalue weighted by Crippen LogP contribution is -1.74. The fourth-order valence-electron chi connectivity index (χ4n) is 0.859. The molecular weight excluding hydrogens is 133 g/mol. The molecule has 0 aliphatic heterocycles. The van der Waals surface area contributed by atoms with E-state index in [1.54, 1.807) is 12.1 Å². The van der Waals surface area contributed by atoms with E-state index in [9.17, 15) is 4.39 Å². The van der Waals surface area contributed by atoms with Gasteiger partial charge in [-0.15, -0.1) is 0 Å². The van der Waals surface area contributed by atoms with E-state index >= 15 is 0 Å². The Bertz CT molecular complexity index is 355. The van der Waals surface area contributed by atoms with E-state index in [-0.39, 0.29) is 5.82 Å². The van der Waals surface area contributed by atoms with Gasteiger partial charge in [0.15, 0.2) is 5.82 Å². The number of aromatic nitrogens is 1. The van der Waals surface area contributed by atoms with E-state index in [4.69, 9.17) is 0 Å². The van der Waals surface area contributed by atoms with Crippen LogP contribution in [0.25, 0.3) is 10.9 Å². The molecule has 0 unspecified atom stereocenters. The molecule has 0 N–H and O–H groups in total. The summed E-state index contributed by atoms with van der Waals surface area (Å²) in [5.41, 5.74) is 0.294. The number of hydrogen-bond donors (Lipinski definition) is 0. The molecule has 0 spiro atoms. The molecule has 0 aliphatic carbocycles. The summed E-state index contributed by atoms with van der Waals surface area (Å²) >= 11 is 0. The minimum Gasteiger partial charge on any atom is -0.363 e. The van der Waals surface area contributed by atoms with E-state index in [2.05, 4.69) is 9.68 Å². The summed E-state index contributed by atoms with van der Waals surface area (Å²) in [6.45, 7) is 0. The number of fused-ring (bicyclic) bond motifs is 1. The van der Waals surface area contributed by atoms with Gasteiger partial charge in [0.25, 0.3) is 0 Å². The van der Waals surface area contributed by atoms with Crippen LogP contribution < -0.4 is 0 Å². The third-order valence-corrected chi connectivity index (χ3v) is 1.34. The highest BCUT2D eigenvalue weighted by atomic mass is 19.1. The third-order valence-electron chi connectivity index (χ3n) is 1.34. The van der Waals surface area contributed by atoms with E-state index in [0.29, 0.717) is 10.9 Å². The van der Waals surface area contributed by atoms with Crippen molar-refractivity contribution in [3.05, 3.63) is 30.3 Å². The van der Waals surface area contributed by atoms with Crippen molar-refractivity contribution in [1.82, 2.24) is 5.16 Å². The molecule has 0 amide bonds. The highest BCUT2D eigenvalue weighted by Gasteiger charge is 2.01. The van der Waals surface area contributed by atoms with Crippen molar-refractivity contribution in [2.24, 2.45) is 0 Å². The minimum absolute atomic E-state index is 0.294. The smallest absolute Gasteiger partial charge is 0.152 e. The third kappa shape index (κ3) is 0.603. The number of rotatable bonds is 0. The molecule has 2 rings (SSSR count). The highest BCUT2D eigenvalue weighted by molar-refractivity contribution is 5.77. The standard InChI is InChI=1S/C7H4FNO/c8-6-3-1-2-5-4-10-9-7(5)6/h1-4H. The maximum atomic E-state index is 12.7. The molecule has 0 saturated carbocycles. The fourth-order valence-corrected chi connectivity index (χ4v) is 0.859. The van der Waals surface area contributed by atoms with Crippen LogP contribution in [-0.2, 0) is 0 Å². The predicted molar refractivity (Wildman–Crippen MR) is 34.0 cm³/mol. The Morgan fingerprint density at radius 1 is 1.40 bits per heavy atom. The molecule has 1 aromatic carbocycles. The molecule has 1 aromatic heterocycles. The lowest BCUT2D eigenvalue weighted by Gasteiger charge is -1.84. The van der Waals surface area contributed by atoms with Crippen LogP contribution in [0.3, 0.4) is 0 Å². The first-order valence-corrected chi connectivity index (χ1v) is 2.86.